The number of aromatic nitrogens is 1. The molecule has 4 rings (SSSR count). The molecule has 0 spiro atoms. The molecule has 0 aliphatic heterocycles. The van der Waals surface area contributed by atoms with Crippen LogP contribution in [0.1, 0.15) is 31.8 Å². The minimum atomic E-state index is -1.01. The lowest BCUT2D eigenvalue weighted by atomic mass is 10.0. The highest BCUT2D eigenvalue weighted by Gasteiger charge is 2.26. The predicted molar refractivity (Wildman–Crippen MR) is 115 cm³/mol. The van der Waals surface area contributed by atoms with Crippen molar-refractivity contribution in [1.29, 1.82) is 0 Å². The maximum atomic E-state index is 14.2. The summed E-state index contributed by atoms with van der Waals surface area (Å²) in [6.45, 7) is 1.70. The van der Waals surface area contributed by atoms with Crippen LogP contribution in [0.4, 0.5) is 14.9 Å². The molecule has 4 aromatic rings. The molecule has 4 N–H and O–H groups in total. The van der Waals surface area contributed by atoms with Crippen LogP contribution in [0.5, 0.6) is 5.88 Å². The van der Waals surface area contributed by atoms with Gasteiger partial charge in [0.25, 0.3) is 5.91 Å². The summed E-state index contributed by atoms with van der Waals surface area (Å²) < 4.78 is 15.0. The van der Waals surface area contributed by atoms with E-state index in [1.807, 2.05) is 0 Å². The Kier molecular flexibility index (Phi) is 5.04. The Balaban J connectivity index is 1.85. The number of primary amides is 1. The summed E-state index contributed by atoms with van der Waals surface area (Å²) in [5.41, 5.74) is 6.50. The zero-order valence-corrected chi connectivity index (χ0v) is 17.0. The van der Waals surface area contributed by atoms with Crippen molar-refractivity contribution in [2.45, 2.75) is 6.92 Å². The number of amides is 2. The molecule has 2 heterocycles. The number of anilines is 1. The van der Waals surface area contributed by atoms with Crippen molar-refractivity contribution in [2.75, 3.05) is 5.32 Å². The van der Waals surface area contributed by atoms with Gasteiger partial charge < -0.3 is 16.2 Å². The third-order valence-corrected chi connectivity index (χ3v) is 5.49. The highest BCUT2D eigenvalue weighted by molar-refractivity contribution is 7.08. The lowest BCUT2D eigenvalue weighted by Gasteiger charge is -2.07. The molecule has 156 valence electrons. The summed E-state index contributed by atoms with van der Waals surface area (Å²) in [5.74, 6) is -2.50. The van der Waals surface area contributed by atoms with Crippen molar-refractivity contribution in [2.24, 2.45) is 5.73 Å². The summed E-state index contributed by atoms with van der Waals surface area (Å²) in [4.78, 5) is 37.6. The number of carbonyl (C=O) groups excluding carboxylic acids is 3. The molecule has 0 saturated heterocycles. The zero-order valence-electron chi connectivity index (χ0n) is 16.2. The fourth-order valence-corrected chi connectivity index (χ4v) is 3.97. The van der Waals surface area contributed by atoms with E-state index in [4.69, 9.17) is 5.73 Å². The number of fused-ring (bicyclic) bond motifs is 1. The first-order valence-corrected chi connectivity index (χ1v) is 10.0. The van der Waals surface area contributed by atoms with E-state index in [0.29, 0.717) is 11.1 Å². The van der Waals surface area contributed by atoms with Crippen molar-refractivity contribution in [3.8, 4) is 5.88 Å². The highest BCUT2D eigenvalue weighted by Crippen LogP contribution is 2.33. The number of nitrogens with one attached hydrogen (secondary N) is 1. The van der Waals surface area contributed by atoms with Gasteiger partial charge in [0.1, 0.15) is 11.4 Å². The van der Waals surface area contributed by atoms with Gasteiger partial charge in [-0.05, 0) is 54.3 Å². The molecule has 0 fully saturated rings. The summed E-state index contributed by atoms with van der Waals surface area (Å²) in [5, 5.41) is 16.5. The summed E-state index contributed by atoms with van der Waals surface area (Å²) in [7, 11) is 0. The Hall–Kier alpha value is -3.98. The van der Waals surface area contributed by atoms with Crippen LogP contribution in [0.15, 0.2) is 53.2 Å². The Labute approximate surface area is 179 Å². The minimum absolute atomic E-state index is 0.0968. The van der Waals surface area contributed by atoms with Crippen LogP contribution < -0.4 is 11.1 Å². The first kappa shape index (κ1) is 20.3. The van der Waals surface area contributed by atoms with Gasteiger partial charge in [0.05, 0.1) is 11.2 Å². The van der Waals surface area contributed by atoms with E-state index in [1.54, 1.807) is 29.8 Å². The van der Waals surface area contributed by atoms with E-state index in [9.17, 15) is 23.9 Å². The molecule has 7 nitrogen and oxygen atoms in total. The van der Waals surface area contributed by atoms with E-state index < -0.39 is 23.6 Å². The zero-order chi connectivity index (χ0) is 22.3. The maximum absolute atomic E-state index is 14.2. The summed E-state index contributed by atoms with van der Waals surface area (Å²) in [6.07, 6.45) is 0. The molecule has 2 amide bonds. The van der Waals surface area contributed by atoms with Gasteiger partial charge in [-0.2, -0.15) is 11.3 Å². The number of ketones is 1. The molecule has 31 heavy (non-hydrogen) atoms. The first-order chi connectivity index (χ1) is 14.8. The van der Waals surface area contributed by atoms with E-state index in [0.717, 1.165) is 4.57 Å². The second-order valence-electron chi connectivity index (χ2n) is 6.88. The Morgan fingerprint density at radius 3 is 2.52 bits per heavy atom. The van der Waals surface area contributed by atoms with E-state index in [2.05, 4.69) is 5.32 Å². The van der Waals surface area contributed by atoms with Crippen LogP contribution in [0.3, 0.4) is 0 Å². The number of benzene rings is 2. The summed E-state index contributed by atoms with van der Waals surface area (Å²) in [6, 6.07) is 9.19. The SMILES string of the molecule is Cc1ccc(NC(=O)c2c(O)n(C(N)=O)c3ccc(C(=O)c4ccsc4)cc23)c(F)c1. The standard InChI is InChI=1S/C22H16FN3O4S/c1-11-2-4-16(15(23)8-11)25-20(28)18-14-9-12(19(27)13-6-7-31-10-13)3-5-17(14)26(21(18)29)22(24)30/h2-10,29H,1H3,(H2,24,30)(H,25,28). The number of carbonyl (C=O) groups is 3. The van der Waals surface area contributed by atoms with Gasteiger partial charge in [-0.1, -0.05) is 6.07 Å². The topological polar surface area (TPSA) is 114 Å². The van der Waals surface area contributed by atoms with Gasteiger partial charge in [0, 0.05) is 21.9 Å². The molecule has 2 aromatic carbocycles. The number of hydrogen-bond acceptors (Lipinski definition) is 5. The molecule has 0 bridgehead atoms. The van der Waals surface area contributed by atoms with Gasteiger partial charge >= 0.3 is 6.03 Å². The second-order valence-corrected chi connectivity index (χ2v) is 7.66. The molecule has 0 saturated carbocycles. The largest absolute Gasteiger partial charge is 0.494 e. The monoisotopic (exact) mass is 437 g/mol. The molecule has 0 radical (unpaired) electrons. The van der Waals surface area contributed by atoms with Gasteiger partial charge in [-0.3, -0.25) is 9.59 Å². The third kappa shape index (κ3) is 3.55. The average molecular weight is 437 g/mol. The van der Waals surface area contributed by atoms with E-state index in [1.165, 1.54) is 41.7 Å². The number of nitrogens with zero attached hydrogens (tertiary/aromatic N) is 1. The number of aromatic hydroxyl groups is 1. The first-order valence-electron chi connectivity index (χ1n) is 9.09. The lowest BCUT2D eigenvalue weighted by molar-refractivity contribution is 0.102. The van der Waals surface area contributed by atoms with Crippen LogP contribution in [-0.2, 0) is 0 Å². The quantitative estimate of drug-likeness (QED) is 0.414. The Morgan fingerprint density at radius 2 is 1.87 bits per heavy atom. The summed E-state index contributed by atoms with van der Waals surface area (Å²) >= 11 is 1.36. The van der Waals surface area contributed by atoms with Gasteiger partial charge in [-0.15, -0.1) is 0 Å². The van der Waals surface area contributed by atoms with Crippen molar-refractivity contribution in [3.63, 3.8) is 0 Å². The number of hydrogen-bond donors (Lipinski definition) is 3. The molecule has 9 heteroatoms. The number of aryl methyl sites for hydroxylation is 1. The average Bonchev–Trinajstić information content (AvgIpc) is 3.34. The fourth-order valence-electron chi connectivity index (χ4n) is 3.33. The molecule has 2 aromatic heterocycles. The maximum Gasteiger partial charge on any atom is 0.326 e. The number of halogens is 1. The van der Waals surface area contributed by atoms with Crippen LogP contribution in [-0.4, -0.2) is 27.4 Å². The molecule has 0 aliphatic rings. The predicted octanol–water partition coefficient (Wildman–Crippen LogP) is 4.27. The number of rotatable bonds is 4. The smallest absolute Gasteiger partial charge is 0.326 e. The van der Waals surface area contributed by atoms with Crippen LogP contribution in [0.25, 0.3) is 10.9 Å². The second kappa shape index (κ2) is 7.69. The lowest BCUT2D eigenvalue weighted by Crippen LogP contribution is -2.19. The van der Waals surface area contributed by atoms with Crippen molar-refractivity contribution in [3.05, 3.63) is 81.3 Å². The van der Waals surface area contributed by atoms with Crippen LogP contribution >= 0.6 is 11.3 Å². The number of nitrogens with two attached hydrogens (primary N) is 1. The van der Waals surface area contributed by atoms with Crippen LogP contribution in [0.2, 0.25) is 0 Å². The molecular formula is C22H16FN3O4S. The van der Waals surface area contributed by atoms with Gasteiger partial charge in [0.15, 0.2) is 5.78 Å². The van der Waals surface area contributed by atoms with Crippen molar-refractivity contribution >= 4 is 45.6 Å². The third-order valence-electron chi connectivity index (χ3n) is 4.81. The number of thiophene rings is 1. The van der Waals surface area contributed by atoms with E-state index in [-0.39, 0.29) is 33.5 Å². The molecular weight excluding hydrogens is 421 g/mol. The van der Waals surface area contributed by atoms with Crippen molar-refractivity contribution < 1.29 is 23.9 Å². The van der Waals surface area contributed by atoms with Gasteiger partial charge in [-0.25, -0.2) is 13.8 Å². The van der Waals surface area contributed by atoms with Crippen molar-refractivity contribution in [1.82, 2.24) is 4.57 Å². The van der Waals surface area contributed by atoms with Crippen LogP contribution in [0, 0.1) is 12.7 Å². The normalized spacial score (nSPS) is 10.9. The minimum Gasteiger partial charge on any atom is -0.494 e. The highest BCUT2D eigenvalue weighted by atomic mass is 32.1. The fraction of sp³-hybridized carbons (Fsp3) is 0.0455. The molecule has 0 aliphatic carbocycles. The molecule has 0 unspecified atom stereocenters. The van der Waals surface area contributed by atoms with Gasteiger partial charge in [0.2, 0.25) is 5.88 Å². The molecule has 0 atom stereocenters. The Morgan fingerprint density at radius 1 is 1.10 bits per heavy atom. The van der Waals surface area contributed by atoms with E-state index >= 15 is 0 Å². The Bertz CT molecular complexity index is 1360.